The van der Waals surface area contributed by atoms with Crippen LogP contribution in [-0.2, 0) is 0 Å². The second kappa shape index (κ2) is 9.25. The van der Waals surface area contributed by atoms with Gasteiger partial charge < -0.3 is 0 Å². The van der Waals surface area contributed by atoms with Gasteiger partial charge in [0.1, 0.15) is 0 Å². The molecule has 0 N–H and O–H groups in total. The smallest absolute Gasteiger partial charge is 0.00752 e. The van der Waals surface area contributed by atoms with Crippen LogP contribution in [0.15, 0.2) is 83.1 Å². The average Bonchev–Trinajstić information content (AvgIpc) is 2.81. The van der Waals surface area contributed by atoms with Crippen LogP contribution >= 0.6 is 0 Å². The lowest BCUT2D eigenvalue weighted by Crippen LogP contribution is -1.86. The maximum absolute atomic E-state index is 2.29. The molecule has 22 heavy (non-hydrogen) atoms. The van der Waals surface area contributed by atoms with Crippen molar-refractivity contribution < 1.29 is 0 Å². The van der Waals surface area contributed by atoms with Gasteiger partial charge in [-0.15, -0.1) is 0 Å². The van der Waals surface area contributed by atoms with Crippen LogP contribution in [0.4, 0.5) is 0 Å². The minimum absolute atomic E-state index is 0.496. The molecule has 0 saturated carbocycles. The van der Waals surface area contributed by atoms with E-state index in [9.17, 15) is 0 Å². The zero-order valence-corrected chi connectivity index (χ0v) is 14.9. The molecule has 2 unspecified atom stereocenters. The lowest BCUT2D eigenvalue weighted by molar-refractivity contribution is 0.941. The fraction of sp³-hybridized carbons (Fsp3) is 0.364. The highest BCUT2D eigenvalue weighted by atomic mass is 14.1. The Bertz CT molecular complexity index is 571. The summed E-state index contributed by atoms with van der Waals surface area (Å²) < 4.78 is 0. The zero-order chi connectivity index (χ0) is 16.5. The van der Waals surface area contributed by atoms with Crippen molar-refractivity contribution in [2.45, 2.75) is 41.5 Å². The summed E-state index contributed by atoms with van der Waals surface area (Å²) in [6, 6.07) is 0. The molecule has 0 amide bonds. The van der Waals surface area contributed by atoms with Crippen molar-refractivity contribution in [1.29, 1.82) is 0 Å². The normalized spacial score (nSPS) is 27.7. The van der Waals surface area contributed by atoms with Crippen molar-refractivity contribution in [3.63, 3.8) is 0 Å². The van der Waals surface area contributed by atoms with Gasteiger partial charge in [0.05, 0.1) is 0 Å². The Labute approximate surface area is 137 Å². The van der Waals surface area contributed by atoms with Gasteiger partial charge >= 0.3 is 0 Å². The van der Waals surface area contributed by atoms with Crippen molar-refractivity contribution in [2.75, 3.05) is 0 Å². The van der Waals surface area contributed by atoms with Gasteiger partial charge in [0, 0.05) is 0 Å². The van der Waals surface area contributed by atoms with Crippen LogP contribution in [0, 0.1) is 11.8 Å². The Morgan fingerprint density at radius 3 is 1.86 bits per heavy atom. The van der Waals surface area contributed by atoms with Gasteiger partial charge in [-0.2, -0.15) is 0 Å². The molecule has 0 fully saturated rings. The monoisotopic (exact) mass is 294 g/mol. The van der Waals surface area contributed by atoms with E-state index >= 15 is 0 Å². The van der Waals surface area contributed by atoms with E-state index in [2.05, 4.69) is 88.5 Å². The fourth-order valence-electron chi connectivity index (χ4n) is 2.33. The summed E-state index contributed by atoms with van der Waals surface area (Å²) in [6.45, 7) is 12.7. The molecule has 0 nitrogen and oxygen atoms in total. The Morgan fingerprint density at radius 1 is 0.773 bits per heavy atom. The molecule has 0 saturated heterocycles. The summed E-state index contributed by atoms with van der Waals surface area (Å²) in [5.41, 5.74) is 5.20. The van der Waals surface area contributed by atoms with E-state index in [1.807, 2.05) is 13.8 Å². The Morgan fingerprint density at radius 2 is 1.27 bits per heavy atom. The Hall–Kier alpha value is -1.82. The van der Waals surface area contributed by atoms with Gasteiger partial charge in [-0.1, -0.05) is 82.4 Å². The second-order valence-electron chi connectivity index (χ2n) is 5.64. The van der Waals surface area contributed by atoms with Crippen LogP contribution in [-0.4, -0.2) is 0 Å². The van der Waals surface area contributed by atoms with Gasteiger partial charge in [0.2, 0.25) is 0 Å². The maximum atomic E-state index is 2.29. The Kier molecular flexibility index (Phi) is 7.66. The van der Waals surface area contributed by atoms with Gasteiger partial charge in [-0.05, 0) is 54.1 Å². The van der Waals surface area contributed by atoms with Crippen LogP contribution in [0.5, 0.6) is 0 Å². The largest absolute Gasteiger partial charge is 0.0798 e. The highest BCUT2D eigenvalue weighted by Gasteiger charge is 2.06. The molecule has 0 radical (unpaired) electrons. The van der Waals surface area contributed by atoms with E-state index in [4.69, 9.17) is 0 Å². The molecular weight excluding hydrogens is 264 g/mol. The summed E-state index contributed by atoms with van der Waals surface area (Å²) in [7, 11) is 0. The molecule has 0 aromatic heterocycles. The van der Waals surface area contributed by atoms with Crippen molar-refractivity contribution in [3.8, 4) is 0 Å². The van der Waals surface area contributed by atoms with Gasteiger partial charge in [-0.3, -0.25) is 0 Å². The van der Waals surface area contributed by atoms with E-state index in [0.717, 1.165) is 0 Å². The second-order valence-corrected chi connectivity index (χ2v) is 5.64. The van der Waals surface area contributed by atoms with Crippen molar-refractivity contribution in [3.05, 3.63) is 83.1 Å². The first-order valence-corrected chi connectivity index (χ1v) is 8.42. The molecule has 0 aliphatic heterocycles. The predicted octanol–water partition coefficient (Wildman–Crippen LogP) is 6.73. The third-order valence-corrected chi connectivity index (χ3v) is 3.80. The van der Waals surface area contributed by atoms with Crippen LogP contribution in [0.1, 0.15) is 41.5 Å². The first-order valence-electron chi connectivity index (χ1n) is 8.42. The fourth-order valence-corrected chi connectivity index (χ4v) is 2.33. The van der Waals surface area contributed by atoms with E-state index in [1.165, 1.54) is 22.3 Å². The van der Waals surface area contributed by atoms with Crippen molar-refractivity contribution >= 4 is 0 Å². The van der Waals surface area contributed by atoms with Crippen LogP contribution < -0.4 is 0 Å². The quantitative estimate of drug-likeness (QED) is 0.503. The molecule has 0 heterocycles. The first kappa shape index (κ1) is 18.2. The minimum Gasteiger partial charge on any atom is -0.0798 e. The summed E-state index contributed by atoms with van der Waals surface area (Å²) in [6.07, 6.45) is 22.4. The third-order valence-electron chi connectivity index (χ3n) is 3.80. The number of hydrogen-bond donors (Lipinski definition) is 0. The lowest BCUT2D eigenvalue weighted by Gasteiger charge is -2.05. The molecule has 0 heteroatoms. The highest BCUT2D eigenvalue weighted by Crippen LogP contribution is 2.24. The molecule has 118 valence electrons. The molecule has 0 aromatic carbocycles. The van der Waals surface area contributed by atoms with Gasteiger partial charge in [0.25, 0.3) is 0 Å². The molecule has 0 aromatic rings. The minimum atomic E-state index is 0.496. The Balaban J connectivity index is 0.00000116. The van der Waals surface area contributed by atoms with E-state index in [0.29, 0.717) is 11.8 Å². The summed E-state index contributed by atoms with van der Waals surface area (Å²) in [5.74, 6) is 1.00. The lowest BCUT2D eigenvalue weighted by atomic mass is 10.0. The topological polar surface area (TPSA) is 0 Å². The predicted molar refractivity (Wildman–Crippen MR) is 101 cm³/mol. The standard InChI is InChI=1S/C20H24.C2H6/c1-5-18-11-7-16(3)9-13-20(18)14-19-12-8-15(2)6-10-17(19)4;1-2/h5-16H,1-4H3;1-2H3/b18-5-,20-14-;. The van der Waals surface area contributed by atoms with Crippen molar-refractivity contribution in [1.82, 2.24) is 0 Å². The summed E-state index contributed by atoms with van der Waals surface area (Å²) in [5, 5.41) is 0. The molecule has 2 aliphatic rings. The van der Waals surface area contributed by atoms with Crippen LogP contribution in [0.25, 0.3) is 0 Å². The third kappa shape index (κ3) is 5.18. The van der Waals surface area contributed by atoms with E-state index in [-0.39, 0.29) is 0 Å². The van der Waals surface area contributed by atoms with E-state index in [1.54, 1.807) is 0 Å². The maximum Gasteiger partial charge on any atom is -0.00752 e. The zero-order valence-electron chi connectivity index (χ0n) is 14.9. The summed E-state index contributed by atoms with van der Waals surface area (Å²) >= 11 is 0. The molecule has 2 rings (SSSR count). The van der Waals surface area contributed by atoms with Crippen molar-refractivity contribution in [2.24, 2.45) is 11.8 Å². The molecule has 2 atom stereocenters. The molecule has 0 bridgehead atoms. The SMILES string of the molecule is C/C=C1/C=CC(C)C=C/C1=C/C1=C(C)C=CC(C)C=C1.CC. The number of hydrogen-bond acceptors (Lipinski definition) is 0. The molecule has 2 aliphatic carbocycles. The molecular formula is C22H30. The van der Waals surface area contributed by atoms with Gasteiger partial charge in [0.15, 0.2) is 0 Å². The average molecular weight is 294 g/mol. The van der Waals surface area contributed by atoms with Crippen LogP contribution in [0.3, 0.4) is 0 Å². The first-order chi connectivity index (χ1) is 10.6. The number of allylic oxidation sites excluding steroid dienone is 14. The highest BCUT2D eigenvalue weighted by molar-refractivity contribution is 5.55. The molecule has 0 spiro atoms. The summed E-state index contributed by atoms with van der Waals surface area (Å²) in [4.78, 5) is 0. The van der Waals surface area contributed by atoms with Gasteiger partial charge in [-0.25, -0.2) is 0 Å². The van der Waals surface area contributed by atoms with Crippen LogP contribution in [0.2, 0.25) is 0 Å². The number of rotatable bonds is 1. The van der Waals surface area contributed by atoms with E-state index < -0.39 is 0 Å².